The quantitative estimate of drug-likeness (QED) is 0.805. The maximum Gasteiger partial charge on any atom is 0.220 e. The predicted octanol–water partition coefficient (Wildman–Crippen LogP) is 3.48. The lowest BCUT2D eigenvalue weighted by Crippen LogP contribution is -2.48. The molecule has 0 saturated carbocycles. The van der Waals surface area contributed by atoms with Crippen LogP contribution in [0, 0.1) is 11.7 Å². The minimum absolute atomic E-state index is 0.198. The number of likely N-dealkylation sites (tertiary alicyclic amines) is 1. The van der Waals surface area contributed by atoms with Gasteiger partial charge >= 0.3 is 0 Å². The van der Waals surface area contributed by atoms with Crippen LogP contribution in [0.3, 0.4) is 0 Å². The number of hydrogen-bond acceptors (Lipinski definition) is 3. The SMILES string of the molecule is O=C(CC1CC2CCC(C1)N2)NC1CCCN(Cc2ccc(F)cc2Cl)C1. The summed E-state index contributed by atoms with van der Waals surface area (Å²) in [5.74, 6) is 0.424. The average Bonchev–Trinajstić information content (AvgIpc) is 2.96. The van der Waals surface area contributed by atoms with Gasteiger partial charge in [0.1, 0.15) is 5.82 Å². The molecule has 0 aliphatic carbocycles. The fourth-order valence-electron chi connectivity index (χ4n) is 5.10. The summed E-state index contributed by atoms with van der Waals surface area (Å²) in [6.07, 6.45) is 7.57. The molecule has 3 atom stereocenters. The molecule has 27 heavy (non-hydrogen) atoms. The second kappa shape index (κ2) is 8.46. The highest BCUT2D eigenvalue weighted by Crippen LogP contribution is 2.32. The van der Waals surface area contributed by atoms with Crippen molar-refractivity contribution >= 4 is 17.5 Å². The van der Waals surface area contributed by atoms with Crippen molar-refractivity contribution in [3.8, 4) is 0 Å². The Hall–Kier alpha value is -1.17. The van der Waals surface area contributed by atoms with E-state index < -0.39 is 0 Å². The van der Waals surface area contributed by atoms with Gasteiger partial charge < -0.3 is 10.6 Å². The standard InChI is InChI=1S/C21H29ClFN3O/c22-20-11-16(23)4-3-15(20)12-26-7-1-2-19(13-26)25-21(27)10-14-8-17-5-6-18(9-14)24-17/h3-4,11,14,17-19,24H,1-2,5-10,12-13H2,(H,25,27). The molecule has 3 unspecified atom stereocenters. The normalized spacial score (nSPS) is 31.0. The molecule has 4 rings (SSSR count). The third-order valence-corrected chi connectivity index (χ3v) is 6.68. The van der Waals surface area contributed by atoms with Crippen LogP contribution in [-0.2, 0) is 11.3 Å². The number of halogens is 2. The molecule has 6 heteroatoms. The Morgan fingerprint density at radius 2 is 2.04 bits per heavy atom. The van der Waals surface area contributed by atoms with Crippen LogP contribution in [0.4, 0.5) is 4.39 Å². The molecule has 0 spiro atoms. The molecule has 148 valence electrons. The molecular formula is C21H29ClFN3O. The molecule has 2 bridgehead atoms. The summed E-state index contributed by atoms with van der Waals surface area (Å²) in [6.45, 7) is 2.51. The minimum atomic E-state index is -0.307. The van der Waals surface area contributed by atoms with Gasteiger partial charge in [-0.25, -0.2) is 4.39 Å². The molecule has 1 aromatic rings. The first-order chi connectivity index (χ1) is 13.0. The van der Waals surface area contributed by atoms with Gasteiger partial charge in [-0.05, 0) is 68.7 Å². The topological polar surface area (TPSA) is 44.4 Å². The number of fused-ring (bicyclic) bond motifs is 2. The van der Waals surface area contributed by atoms with E-state index in [1.54, 1.807) is 6.07 Å². The van der Waals surface area contributed by atoms with E-state index in [-0.39, 0.29) is 17.8 Å². The molecule has 3 heterocycles. The summed E-state index contributed by atoms with van der Waals surface area (Å²) in [6, 6.07) is 6.04. The van der Waals surface area contributed by atoms with E-state index in [4.69, 9.17) is 11.6 Å². The Labute approximate surface area is 165 Å². The second-order valence-electron chi connectivity index (χ2n) is 8.56. The number of amides is 1. The van der Waals surface area contributed by atoms with E-state index in [1.807, 2.05) is 0 Å². The number of hydrogen-bond donors (Lipinski definition) is 2. The maximum atomic E-state index is 13.2. The number of nitrogens with one attached hydrogen (secondary N) is 2. The summed E-state index contributed by atoms with van der Waals surface area (Å²) in [7, 11) is 0. The summed E-state index contributed by atoms with van der Waals surface area (Å²) >= 11 is 6.17. The zero-order valence-corrected chi connectivity index (χ0v) is 16.5. The molecule has 0 radical (unpaired) electrons. The van der Waals surface area contributed by atoms with Gasteiger partial charge in [-0.1, -0.05) is 17.7 Å². The van der Waals surface area contributed by atoms with Crippen molar-refractivity contribution in [1.29, 1.82) is 0 Å². The molecule has 2 N–H and O–H groups in total. The van der Waals surface area contributed by atoms with Crippen molar-refractivity contribution in [2.24, 2.45) is 5.92 Å². The fraction of sp³-hybridized carbons (Fsp3) is 0.667. The number of carbonyl (C=O) groups is 1. The number of benzene rings is 1. The van der Waals surface area contributed by atoms with Crippen LogP contribution in [-0.4, -0.2) is 42.0 Å². The van der Waals surface area contributed by atoms with Crippen LogP contribution in [0.2, 0.25) is 5.02 Å². The lowest BCUT2D eigenvalue weighted by atomic mass is 9.89. The highest BCUT2D eigenvalue weighted by Gasteiger charge is 2.34. The summed E-state index contributed by atoms with van der Waals surface area (Å²) in [5, 5.41) is 7.37. The smallest absolute Gasteiger partial charge is 0.220 e. The van der Waals surface area contributed by atoms with Crippen molar-refractivity contribution in [3.63, 3.8) is 0 Å². The minimum Gasteiger partial charge on any atom is -0.352 e. The Morgan fingerprint density at radius 3 is 2.78 bits per heavy atom. The molecule has 3 aliphatic heterocycles. The third-order valence-electron chi connectivity index (χ3n) is 6.32. The van der Waals surface area contributed by atoms with Gasteiger partial charge in [0.05, 0.1) is 0 Å². The van der Waals surface area contributed by atoms with Crippen LogP contribution in [0.5, 0.6) is 0 Å². The Bertz CT molecular complexity index is 673. The monoisotopic (exact) mass is 393 g/mol. The first-order valence-electron chi connectivity index (χ1n) is 10.3. The summed E-state index contributed by atoms with van der Waals surface area (Å²) in [4.78, 5) is 14.9. The van der Waals surface area contributed by atoms with Crippen molar-refractivity contribution in [2.75, 3.05) is 13.1 Å². The lowest BCUT2D eigenvalue weighted by Gasteiger charge is -2.34. The van der Waals surface area contributed by atoms with E-state index in [2.05, 4.69) is 15.5 Å². The van der Waals surface area contributed by atoms with Gasteiger partial charge in [0.15, 0.2) is 0 Å². The molecule has 3 fully saturated rings. The fourth-order valence-corrected chi connectivity index (χ4v) is 5.33. The van der Waals surface area contributed by atoms with Crippen LogP contribution in [0.25, 0.3) is 0 Å². The average molecular weight is 394 g/mol. The molecule has 1 aromatic carbocycles. The molecule has 3 aliphatic rings. The van der Waals surface area contributed by atoms with E-state index in [9.17, 15) is 9.18 Å². The van der Waals surface area contributed by atoms with E-state index >= 15 is 0 Å². The van der Waals surface area contributed by atoms with Gasteiger partial charge in [-0.3, -0.25) is 9.69 Å². The number of nitrogens with zero attached hydrogens (tertiary/aromatic N) is 1. The van der Waals surface area contributed by atoms with Crippen LogP contribution in [0.15, 0.2) is 18.2 Å². The Kier molecular flexibility index (Phi) is 6.00. The summed E-state index contributed by atoms with van der Waals surface area (Å²) in [5.41, 5.74) is 0.940. The van der Waals surface area contributed by atoms with Gasteiger partial charge in [0.2, 0.25) is 5.91 Å². The highest BCUT2D eigenvalue weighted by molar-refractivity contribution is 6.31. The first kappa shape index (κ1) is 19.2. The maximum absolute atomic E-state index is 13.2. The predicted molar refractivity (Wildman–Crippen MR) is 105 cm³/mol. The molecule has 1 amide bonds. The first-order valence-corrected chi connectivity index (χ1v) is 10.6. The zero-order chi connectivity index (χ0) is 18.8. The van der Waals surface area contributed by atoms with Gasteiger partial charge in [0.25, 0.3) is 0 Å². The van der Waals surface area contributed by atoms with Gasteiger partial charge in [0, 0.05) is 42.7 Å². The Balaban J connectivity index is 1.26. The summed E-state index contributed by atoms with van der Waals surface area (Å²) < 4.78 is 13.2. The van der Waals surface area contributed by atoms with E-state index in [0.29, 0.717) is 36.0 Å². The van der Waals surface area contributed by atoms with Crippen molar-refractivity contribution in [3.05, 3.63) is 34.6 Å². The molecule has 0 aromatic heterocycles. The second-order valence-corrected chi connectivity index (χ2v) is 8.96. The highest BCUT2D eigenvalue weighted by atomic mass is 35.5. The molecule has 3 saturated heterocycles. The van der Waals surface area contributed by atoms with Crippen LogP contribution >= 0.6 is 11.6 Å². The van der Waals surface area contributed by atoms with E-state index in [0.717, 1.165) is 44.3 Å². The van der Waals surface area contributed by atoms with E-state index in [1.165, 1.54) is 25.0 Å². The van der Waals surface area contributed by atoms with Crippen LogP contribution < -0.4 is 10.6 Å². The third kappa shape index (κ3) is 5.01. The van der Waals surface area contributed by atoms with Crippen molar-refractivity contribution in [2.45, 2.75) is 69.6 Å². The van der Waals surface area contributed by atoms with Gasteiger partial charge in [-0.2, -0.15) is 0 Å². The molecule has 4 nitrogen and oxygen atoms in total. The van der Waals surface area contributed by atoms with Gasteiger partial charge in [-0.15, -0.1) is 0 Å². The largest absolute Gasteiger partial charge is 0.352 e. The number of carbonyl (C=O) groups excluding carboxylic acids is 1. The van der Waals surface area contributed by atoms with Crippen molar-refractivity contribution in [1.82, 2.24) is 15.5 Å². The number of rotatable bonds is 5. The number of piperidine rings is 2. The molecular weight excluding hydrogens is 365 g/mol. The lowest BCUT2D eigenvalue weighted by molar-refractivity contribution is -0.123. The van der Waals surface area contributed by atoms with Crippen molar-refractivity contribution < 1.29 is 9.18 Å². The van der Waals surface area contributed by atoms with Crippen LogP contribution in [0.1, 0.15) is 50.5 Å². The Morgan fingerprint density at radius 1 is 1.26 bits per heavy atom. The zero-order valence-electron chi connectivity index (χ0n) is 15.7.